The van der Waals surface area contributed by atoms with Crippen LogP contribution in [0.25, 0.3) is 0 Å². The molecule has 0 radical (unpaired) electrons. The molecule has 0 unspecified atom stereocenters. The third-order valence-electron chi connectivity index (χ3n) is 2.52. The maximum Gasteiger partial charge on any atom is 0.341 e. The van der Waals surface area contributed by atoms with E-state index in [1.807, 2.05) is 18.7 Å². The van der Waals surface area contributed by atoms with Gasteiger partial charge in [0.1, 0.15) is 5.56 Å². The Bertz CT molecular complexity index is 408. The zero-order chi connectivity index (χ0) is 13.5. The molecule has 0 aliphatic rings. The van der Waals surface area contributed by atoms with Crippen LogP contribution in [0.5, 0.6) is 0 Å². The van der Waals surface area contributed by atoms with Crippen molar-refractivity contribution in [1.82, 2.24) is 9.97 Å². The Morgan fingerprint density at radius 1 is 1.39 bits per heavy atom. The molecular formula is C12H18ClN3O2. The number of carbonyl (C=O) groups is 1. The van der Waals surface area contributed by atoms with Gasteiger partial charge >= 0.3 is 5.97 Å². The summed E-state index contributed by atoms with van der Waals surface area (Å²) >= 11 is 5.82. The summed E-state index contributed by atoms with van der Waals surface area (Å²) in [7, 11) is 0. The molecule has 6 heteroatoms. The molecule has 0 saturated carbocycles. The van der Waals surface area contributed by atoms with Crippen LogP contribution < -0.4 is 4.90 Å². The highest BCUT2D eigenvalue weighted by Crippen LogP contribution is 2.14. The van der Waals surface area contributed by atoms with E-state index in [2.05, 4.69) is 9.97 Å². The zero-order valence-electron chi connectivity index (χ0n) is 10.9. The van der Waals surface area contributed by atoms with Crippen molar-refractivity contribution < 1.29 is 9.53 Å². The number of aromatic nitrogens is 2. The van der Waals surface area contributed by atoms with Crippen molar-refractivity contribution in [3.05, 3.63) is 17.5 Å². The van der Waals surface area contributed by atoms with Crippen LogP contribution in [-0.2, 0) is 10.6 Å². The number of anilines is 1. The lowest BCUT2D eigenvalue weighted by Crippen LogP contribution is -2.25. The number of rotatable bonds is 6. The summed E-state index contributed by atoms with van der Waals surface area (Å²) in [5.74, 6) is 0.313. The fraction of sp³-hybridized carbons (Fsp3) is 0.583. The summed E-state index contributed by atoms with van der Waals surface area (Å²) in [5.41, 5.74) is 0.842. The summed E-state index contributed by atoms with van der Waals surface area (Å²) in [4.78, 5) is 22.2. The quantitative estimate of drug-likeness (QED) is 0.587. The van der Waals surface area contributed by atoms with Gasteiger partial charge in [0.15, 0.2) is 0 Å². The Kier molecular flexibility index (Phi) is 5.85. The van der Waals surface area contributed by atoms with Crippen molar-refractivity contribution >= 4 is 23.5 Å². The van der Waals surface area contributed by atoms with Crippen molar-refractivity contribution in [2.45, 2.75) is 26.7 Å². The van der Waals surface area contributed by atoms with Crippen LogP contribution in [0.15, 0.2) is 6.20 Å². The van der Waals surface area contributed by atoms with E-state index in [0.717, 1.165) is 13.1 Å². The van der Waals surface area contributed by atoms with Crippen molar-refractivity contribution in [3.63, 3.8) is 0 Å². The number of carbonyl (C=O) groups excluding carboxylic acids is 1. The van der Waals surface area contributed by atoms with Gasteiger partial charge < -0.3 is 9.64 Å². The second-order valence-electron chi connectivity index (χ2n) is 3.56. The number of alkyl halides is 1. The first-order valence-electron chi connectivity index (χ1n) is 6.01. The molecule has 0 aliphatic heterocycles. The molecule has 0 fully saturated rings. The first-order valence-corrected chi connectivity index (χ1v) is 6.55. The topological polar surface area (TPSA) is 55.3 Å². The lowest BCUT2D eigenvalue weighted by Gasteiger charge is -2.19. The SMILES string of the molecule is CCOC(=O)c1cnc(N(CC)CC)nc1CCl. The minimum Gasteiger partial charge on any atom is -0.462 e. The summed E-state index contributed by atoms with van der Waals surface area (Å²) in [6, 6.07) is 0. The average molecular weight is 272 g/mol. The number of halogens is 1. The van der Waals surface area contributed by atoms with Gasteiger partial charge in [-0.05, 0) is 20.8 Å². The molecule has 5 nitrogen and oxygen atoms in total. The van der Waals surface area contributed by atoms with E-state index >= 15 is 0 Å². The second-order valence-corrected chi connectivity index (χ2v) is 3.82. The monoisotopic (exact) mass is 271 g/mol. The van der Waals surface area contributed by atoms with Crippen LogP contribution in [0.4, 0.5) is 5.95 Å². The average Bonchev–Trinajstić information content (AvgIpc) is 2.40. The predicted octanol–water partition coefficient (Wildman–Crippen LogP) is 2.24. The number of hydrogen-bond donors (Lipinski definition) is 0. The van der Waals surface area contributed by atoms with Gasteiger partial charge in [0.05, 0.1) is 18.2 Å². The molecule has 18 heavy (non-hydrogen) atoms. The summed E-state index contributed by atoms with van der Waals surface area (Å²) in [6.45, 7) is 7.72. The van der Waals surface area contributed by atoms with Gasteiger partial charge in [-0.25, -0.2) is 14.8 Å². The molecule has 0 amide bonds. The summed E-state index contributed by atoms with van der Waals surface area (Å²) in [5, 5.41) is 0. The molecule has 1 aromatic rings. The van der Waals surface area contributed by atoms with Gasteiger partial charge in [0, 0.05) is 19.3 Å². The molecule has 100 valence electrons. The highest BCUT2D eigenvalue weighted by molar-refractivity contribution is 6.17. The van der Waals surface area contributed by atoms with Gasteiger partial charge in [-0.3, -0.25) is 0 Å². The van der Waals surface area contributed by atoms with E-state index in [4.69, 9.17) is 16.3 Å². The molecule has 0 bridgehead atoms. The summed E-state index contributed by atoms with van der Waals surface area (Å²) in [6.07, 6.45) is 1.48. The third kappa shape index (κ3) is 3.32. The van der Waals surface area contributed by atoms with E-state index in [1.54, 1.807) is 6.92 Å². The minimum atomic E-state index is -0.431. The Balaban J connectivity index is 3.06. The largest absolute Gasteiger partial charge is 0.462 e. The first kappa shape index (κ1) is 14.7. The highest BCUT2D eigenvalue weighted by atomic mass is 35.5. The van der Waals surface area contributed by atoms with Gasteiger partial charge in [0.2, 0.25) is 5.95 Å². The van der Waals surface area contributed by atoms with Crippen LogP contribution in [0, 0.1) is 0 Å². The van der Waals surface area contributed by atoms with Crippen LogP contribution in [-0.4, -0.2) is 35.6 Å². The smallest absolute Gasteiger partial charge is 0.341 e. The molecule has 1 rings (SSSR count). The molecule has 0 N–H and O–H groups in total. The lowest BCUT2D eigenvalue weighted by molar-refractivity contribution is 0.0524. The molecule has 0 spiro atoms. The molecule has 0 saturated heterocycles. The van der Waals surface area contributed by atoms with Crippen molar-refractivity contribution in [2.75, 3.05) is 24.6 Å². The van der Waals surface area contributed by atoms with Gasteiger partial charge in [-0.2, -0.15) is 0 Å². The maximum absolute atomic E-state index is 11.7. The molecule has 0 aliphatic carbocycles. The lowest BCUT2D eigenvalue weighted by atomic mass is 10.2. The number of esters is 1. The van der Waals surface area contributed by atoms with Crippen LogP contribution in [0.3, 0.4) is 0 Å². The number of nitrogens with zero attached hydrogens (tertiary/aromatic N) is 3. The Hall–Kier alpha value is -1.36. The van der Waals surface area contributed by atoms with Crippen molar-refractivity contribution in [1.29, 1.82) is 0 Å². The van der Waals surface area contributed by atoms with E-state index in [9.17, 15) is 4.79 Å². The molecule has 0 aromatic carbocycles. The fourth-order valence-electron chi connectivity index (χ4n) is 1.55. The first-order chi connectivity index (χ1) is 8.67. The van der Waals surface area contributed by atoms with E-state index in [-0.39, 0.29) is 5.88 Å². The third-order valence-corrected chi connectivity index (χ3v) is 2.78. The number of hydrogen-bond acceptors (Lipinski definition) is 5. The fourth-order valence-corrected chi connectivity index (χ4v) is 1.75. The zero-order valence-corrected chi connectivity index (χ0v) is 11.7. The normalized spacial score (nSPS) is 10.2. The predicted molar refractivity (Wildman–Crippen MR) is 71.1 cm³/mol. The standard InChI is InChI=1S/C12H18ClN3O2/c1-4-16(5-2)12-14-8-9(10(7-13)15-12)11(17)18-6-3/h8H,4-7H2,1-3H3. The summed E-state index contributed by atoms with van der Waals surface area (Å²) < 4.78 is 4.93. The van der Waals surface area contributed by atoms with Crippen LogP contribution in [0.1, 0.15) is 36.8 Å². The van der Waals surface area contributed by atoms with Crippen molar-refractivity contribution in [3.8, 4) is 0 Å². The second kappa shape index (κ2) is 7.16. The minimum absolute atomic E-state index is 0.158. The van der Waals surface area contributed by atoms with Gasteiger partial charge in [-0.1, -0.05) is 0 Å². The van der Waals surface area contributed by atoms with E-state index in [0.29, 0.717) is 23.8 Å². The van der Waals surface area contributed by atoms with Gasteiger partial charge in [-0.15, -0.1) is 11.6 Å². The van der Waals surface area contributed by atoms with Crippen molar-refractivity contribution in [2.24, 2.45) is 0 Å². The van der Waals surface area contributed by atoms with Gasteiger partial charge in [0.25, 0.3) is 0 Å². The Morgan fingerprint density at radius 2 is 2.06 bits per heavy atom. The van der Waals surface area contributed by atoms with E-state index in [1.165, 1.54) is 6.20 Å². The Labute approximate surface area is 112 Å². The van der Waals surface area contributed by atoms with Crippen LogP contribution >= 0.6 is 11.6 Å². The molecule has 0 atom stereocenters. The highest BCUT2D eigenvalue weighted by Gasteiger charge is 2.16. The number of ether oxygens (including phenoxy) is 1. The molecule has 1 aromatic heterocycles. The molecule has 1 heterocycles. The molecular weight excluding hydrogens is 254 g/mol. The Morgan fingerprint density at radius 3 is 2.56 bits per heavy atom. The van der Waals surface area contributed by atoms with E-state index < -0.39 is 5.97 Å². The maximum atomic E-state index is 11.7. The van der Waals surface area contributed by atoms with Crippen LogP contribution in [0.2, 0.25) is 0 Å².